The summed E-state index contributed by atoms with van der Waals surface area (Å²) in [5, 5.41) is 4.27. The Hall–Kier alpha value is -3.74. The van der Waals surface area contributed by atoms with Crippen LogP contribution in [0.25, 0.3) is 21.9 Å². The van der Waals surface area contributed by atoms with Crippen molar-refractivity contribution >= 4 is 33.7 Å². The number of ether oxygens (including phenoxy) is 2. The average Bonchev–Trinajstić information content (AvgIpc) is 3.08. The van der Waals surface area contributed by atoms with Crippen LogP contribution in [-0.4, -0.2) is 13.2 Å². The number of carbonyl (C=O) groups is 1. The first-order valence-corrected chi connectivity index (χ1v) is 8.56. The molecule has 0 bridgehead atoms. The molecule has 2 aromatic carbocycles. The second-order valence-corrected chi connectivity index (χ2v) is 6.28. The Morgan fingerprint density at radius 3 is 2.71 bits per heavy atom. The molecule has 0 aliphatic heterocycles. The Bertz CT molecular complexity index is 1240. The quantitative estimate of drug-likeness (QED) is 0.521. The number of furan rings is 1. The van der Waals surface area contributed by atoms with Gasteiger partial charge in [0.15, 0.2) is 6.61 Å². The van der Waals surface area contributed by atoms with E-state index in [1.807, 2.05) is 13.0 Å². The van der Waals surface area contributed by atoms with Crippen molar-refractivity contribution < 1.29 is 23.1 Å². The maximum absolute atomic E-state index is 12.1. The van der Waals surface area contributed by atoms with Crippen LogP contribution in [0.3, 0.4) is 0 Å². The number of fused-ring (bicyclic) bond motifs is 2. The van der Waals surface area contributed by atoms with Crippen molar-refractivity contribution in [2.24, 2.45) is 0 Å². The van der Waals surface area contributed by atoms with E-state index in [0.29, 0.717) is 22.6 Å². The summed E-state index contributed by atoms with van der Waals surface area (Å²) in [6, 6.07) is 13.7. The summed E-state index contributed by atoms with van der Waals surface area (Å²) >= 11 is 0. The van der Waals surface area contributed by atoms with Crippen LogP contribution in [0, 0.1) is 6.92 Å². The van der Waals surface area contributed by atoms with Gasteiger partial charge in [-0.2, -0.15) is 0 Å². The molecule has 2 aromatic heterocycles. The second-order valence-electron chi connectivity index (χ2n) is 6.28. The smallest absolute Gasteiger partial charge is 0.412 e. The lowest BCUT2D eigenvalue weighted by Crippen LogP contribution is -2.13. The fourth-order valence-corrected chi connectivity index (χ4v) is 2.97. The van der Waals surface area contributed by atoms with Gasteiger partial charge < -0.3 is 18.3 Å². The maximum atomic E-state index is 12.1. The fraction of sp³-hybridized carbons (Fsp3) is 0.143. The van der Waals surface area contributed by atoms with Crippen LogP contribution in [0.2, 0.25) is 0 Å². The van der Waals surface area contributed by atoms with E-state index in [2.05, 4.69) is 5.32 Å². The zero-order chi connectivity index (χ0) is 19.7. The third-order valence-electron chi connectivity index (χ3n) is 4.32. The Balaban J connectivity index is 1.44. The van der Waals surface area contributed by atoms with Gasteiger partial charge >= 0.3 is 11.7 Å². The van der Waals surface area contributed by atoms with Gasteiger partial charge in [0.25, 0.3) is 0 Å². The lowest BCUT2D eigenvalue weighted by atomic mass is 10.1. The van der Waals surface area contributed by atoms with Crippen molar-refractivity contribution in [3.05, 3.63) is 70.3 Å². The largest absolute Gasteiger partial charge is 0.497 e. The zero-order valence-corrected chi connectivity index (χ0v) is 15.3. The first kappa shape index (κ1) is 17.7. The number of methoxy groups -OCH3 is 1. The number of rotatable bonds is 4. The third-order valence-corrected chi connectivity index (χ3v) is 4.32. The number of benzene rings is 2. The van der Waals surface area contributed by atoms with Crippen LogP contribution < -0.4 is 15.7 Å². The van der Waals surface area contributed by atoms with E-state index in [0.717, 1.165) is 22.1 Å². The highest BCUT2D eigenvalue weighted by molar-refractivity contribution is 5.90. The molecule has 28 heavy (non-hydrogen) atoms. The zero-order valence-electron chi connectivity index (χ0n) is 15.3. The van der Waals surface area contributed by atoms with Crippen molar-refractivity contribution in [2.45, 2.75) is 13.5 Å². The van der Waals surface area contributed by atoms with Gasteiger partial charge in [-0.05, 0) is 48.9 Å². The van der Waals surface area contributed by atoms with Crippen molar-refractivity contribution in [1.82, 2.24) is 0 Å². The molecule has 0 unspecified atom stereocenters. The van der Waals surface area contributed by atoms with E-state index in [-0.39, 0.29) is 6.61 Å². The molecule has 2 heterocycles. The molecule has 4 rings (SSSR count). The van der Waals surface area contributed by atoms with Crippen molar-refractivity contribution in [3.8, 4) is 5.75 Å². The molecule has 1 N–H and O–H groups in total. The molecule has 0 spiro atoms. The summed E-state index contributed by atoms with van der Waals surface area (Å²) in [7, 11) is 1.59. The van der Waals surface area contributed by atoms with Gasteiger partial charge in [0.2, 0.25) is 0 Å². The van der Waals surface area contributed by atoms with Crippen molar-refractivity contribution in [2.75, 3.05) is 12.4 Å². The summed E-state index contributed by atoms with van der Waals surface area (Å²) in [6.45, 7) is 1.80. The predicted molar refractivity (Wildman–Crippen MR) is 104 cm³/mol. The summed E-state index contributed by atoms with van der Waals surface area (Å²) in [5.41, 5.74) is 1.91. The monoisotopic (exact) mass is 379 g/mol. The Kier molecular flexibility index (Phi) is 4.49. The number of amides is 1. The van der Waals surface area contributed by atoms with E-state index in [1.165, 1.54) is 6.07 Å². The van der Waals surface area contributed by atoms with Gasteiger partial charge in [0.05, 0.1) is 7.11 Å². The molecule has 142 valence electrons. The molecule has 0 saturated carbocycles. The molecule has 7 nitrogen and oxygen atoms in total. The molecule has 0 fully saturated rings. The Labute approximate surface area is 159 Å². The molecular weight excluding hydrogens is 362 g/mol. The second kappa shape index (κ2) is 7.11. The molecule has 0 saturated heterocycles. The van der Waals surface area contributed by atoms with Gasteiger partial charge in [0.1, 0.15) is 22.7 Å². The fourth-order valence-electron chi connectivity index (χ4n) is 2.97. The summed E-state index contributed by atoms with van der Waals surface area (Å²) < 4.78 is 21.2. The highest BCUT2D eigenvalue weighted by Gasteiger charge is 2.10. The number of hydrogen-bond acceptors (Lipinski definition) is 6. The SMILES string of the molecule is COc1ccc2oc(COC(=O)Nc3ccc4c(C)cc(=O)oc4c3)cc2c1. The highest BCUT2D eigenvalue weighted by Crippen LogP contribution is 2.25. The lowest BCUT2D eigenvalue weighted by Gasteiger charge is -2.07. The van der Waals surface area contributed by atoms with E-state index in [4.69, 9.17) is 18.3 Å². The maximum Gasteiger partial charge on any atom is 0.412 e. The topological polar surface area (TPSA) is 90.9 Å². The number of hydrogen-bond donors (Lipinski definition) is 1. The first-order valence-electron chi connectivity index (χ1n) is 8.56. The summed E-state index contributed by atoms with van der Waals surface area (Å²) in [6.07, 6.45) is -0.646. The minimum Gasteiger partial charge on any atom is -0.497 e. The van der Waals surface area contributed by atoms with Gasteiger partial charge in [-0.15, -0.1) is 0 Å². The average molecular weight is 379 g/mol. The minimum atomic E-state index is -0.646. The third kappa shape index (κ3) is 3.55. The number of anilines is 1. The highest BCUT2D eigenvalue weighted by atomic mass is 16.6. The Morgan fingerprint density at radius 1 is 1.04 bits per heavy atom. The number of nitrogens with one attached hydrogen (secondary N) is 1. The van der Waals surface area contributed by atoms with E-state index in [1.54, 1.807) is 43.5 Å². The predicted octanol–water partition coefficient (Wildman–Crippen LogP) is 4.60. The molecule has 1 amide bonds. The number of carbonyl (C=O) groups excluding carboxylic acids is 1. The van der Waals surface area contributed by atoms with Crippen molar-refractivity contribution in [1.29, 1.82) is 0 Å². The molecular formula is C21H17NO6. The van der Waals surface area contributed by atoms with Gasteiger partial charge in [0, 0.05) is 28.6 Å². The molecule has 0 aliphatic rings. The summed E-state index contributed by atoms with van der Waals surface area (Å²) in [5.74, 6) is 1.23. The number of aryl methyl sites for hydroxylation is 1. The van der Waals surface area contributed by atoms with E-state index < -0.39 is 11.7 Å². The summed E-state index contributed by atoms with van der Waals surface area (Å²) in [4.78, 5) is 23.6. The molecule has 0 radical (unpaired) electrons. The standard InChI is InChI=1S/C21H17NO6/c1-12-7-20(23)28-19-10-14(3-5-17(12)19)22-21(24)26-11-16-9-13-8-15(25-2)4-6-18(13)27-16/h3-10H,11H2,1-2H3,(H,22,24). The van der Waals surface area contributed by atoms with Gasteiger partial charge in [-0.3, -0.25) is 5.32 Å². The first-order chi connectivity index (χ1) is 13.5. The Morgan fingerprint density at radius 2 is 1.89 bits per heavy atom. The molecule has 0 atom stereocenters. The van der Waals surface area contributed by atoms with Crippen LogP contribution in [0.15, 0.2) is 62.2 Å². The van der Waals surface area contributed by atoms with Crippen LogP contribution in [0.5, 0.6) is 5.75 Å². The van der Waals surface area contributed by atoms with Crippen LogP contribution in [-0.2, 0) is 11.3 Å². The molecule has 4 aromatic rings. The van der Waals surface area contributed by atoms with Crippen LogP contribution in [0.4, 0.5) is 10.5 Å². The van der Waals surface area contributed by atoms with Crippen molar-refractivity contribution in [3.63, 3.8) is 0 Å². The van der Waals surface area contributed by atoms with E-state index >= 15 is 0 Å². The van der Waals surface area contributed by atoms with E-state index in [9.17, 15) is 9.59 Å². The lowest BCUT2D eigenvalue weighted by molar-refractivity contribution is 0.147. The van der Waals surface area contributed by atoms with Gasteiger partial charge in [-0.25, -0.2) is 9.59 Å². The van der Waals surface area contributed by atoms with Crippen LogP contribution in [0.1, 0.15) is 11.3 Å². The van der Waals surface area contributed by atoms with Gasteiger partial charge in [-0.1, -0.05) is 0 Å². The molecule has 7 heteroatoms. The normalized spacial score (nSPS) is 10.9. The molecule has 0 aliphatic carbocycles. The minimum absolute atomic E-state index is 0.0232. The van der Waals surface area contributed by atoms with Crippen LogP contribution >= 0.6 is 0 Å².